The Hall–Kier alpha value is -2.83. The van der Waals surface area contributed by atoms with Gasteiger partial charge in [-0.05, 0) is 46.2 Å². The summed E-state index contributed by atoms with van der Waals surface area (Å²) in [5.41, 5.74) is 0.765. The first-order valence-electron chi connectivity index (χ1n) is 8.73. The Morgan fingerprint density at radius 2 is 2.15 bits per heavy atom. The summed E-state index contributed by atoms with van der Waals surface area (Å²) in [6, 6.07) is 3.95. The van der Waals surface area contributed by atoms with Crippen LogP contribution in [0.1, 0.15) is 48.0 Å². The number of carbonyl (C=O) groups is 1. The van der Waals surface area contributed by atoms with Crippen molar-refractivity contribution in [1.82, 2.24) is 9.97 Å². The normalized spacial score (nSPS) is 12.3. The molecule has 0 radical (unpaired) electrons. The number of anilines is 1. The molecule has 0 bridgehead atoms. The molecule has 7 nitrogen and oxygen atoms in total. The molecule has 3 heterocycles. The molecule has 0 aliphatic carbocycles. The molecular formula is C19H23N3O4. The van der Waals surface area contributed by atoms with Crippen molar-refractivity contribution in [1.29, 1.82) is 0 Å². The average molecular weight is 357 g/mol. The van der Waals surface area contributed by atoms with Gasteiger partial charge >= 0.3 is 5.97 Å². The van der Waals surface area contributed by atoms with Gasteiger partial charge in [-0.2, -0.15) is 4.98 Å². The van der Waals surface area contributed by atoms with Gasteiger partial charge in [0.05, 0.1) is 18.3 Å². The molecule has 26 heavy (non-hydrogen) atoms. The number of nitrogens with one attached hydrogen (secondary N) is 1. The topological polar surface area (TPSA) is 90.4 Å². The Morgan fingerprint density at radius 3 is 2.85 bits per heavy atom. The van der Waals surface area contributed by atoms with Crippen molar-refractivity contribution in [2.24, 2.45) is 0 Å². The van der Waals surface area contributed by atoms with Crippen molar-refractivity contribution >= 4 is 22.9 Å². The molecule has 138 valence electrons. The molecule has 1 atom stereocenters. The lowest BCUT2D eigenvalue weighted by Crippen LogP contribution is -2.18. The number of hydrogen-bond donors (Lipinski definition) is 1. The Morgan fingerprint density at radius 1 is 1.35 bits per heavy atom. The van der Waals surface area contributed by atoms with Crippen molar-refractivity contribution in [3.05, 3.63) is 41.3 Å². The molecule has 0 saturated heterocycles. The van der Waals surface area contributed by atoms with Gasteiger partial charge in [0.25, 0.3) is 0 Å². The van der Waals surface area contributed by atoms with Crippen LogP contribution >= 0.6 is 0 Å². The first-order chi connectivity index (χ1) is 12.5. The summed E-state index contributed by atoms with van der Waals surface area (Å²) in [6.07, 6.45) is 3.33. The van der Waals surface area contributed by atoms with Gasteiger partial charge in [0.2, 0.25) is 5.71 Å². The Kier molecular flexibility index (Phi) is 5.25. The Labute approximate surface area is 151 Å². The summed E-state index contributed by atoms with van der Waals surface area (Å²) >= 11 is 0. The van der Waals surface area contributed by atoms with Crippen molar-refractivity contribution in [3.8, 4) is 0 Å². The molecule has 0 fully saturated rings. The number of hydrogen-bond acceptors (Lipinski definition) is 7. The molecule has 3 aromatic rings. The number of carbonyl (C=O) groups excluding carboxylic acids is 1. The zero-order chi connectivity index (χ0) is 18.7. The SMILES string of the molecule is CCOC(=O)c1c(C)oc2nc(C)nc(N[C@@H](C)CCc3ccco3)c12. The first-order valence-corrected chi connectivity index (χ1v) is 8.73. The number of fused-ring (bicyclic) bond motifs is 1. The number of aromatic nitrogens is 2. The van der Waals surface area contributed by atoms with Gasteiger partial charge in [0.1, 0.15) is 28.7 Å². The van der Waals surface area contributed by atoms with E-state index in [1.807, 2.05) is 12.1 Å². The lowest BCUT2D eigenvalue weighted by atomic mass is 10.1. The largest absolute Gasteiger partial charge is 0.469 e. The number of esters is 1. The van der Waals surface area contributed by atoms with Crippen LogP contribution in [0.3, 0.4) is 0 Å². The third kappa shape index (κ3) is 3.71. The molecule has 0 saturated carbocycles. The molecule has 3 rings (SSSR count). The highest BCUT2D eigenvalue weighted by Crippen LogP contribution is 2.31. The third-order valence-corrected chi connectivity index (χ3v) is 4.11. The maximum Gasteiger partial charge on any atom is 0.342 e. The van der Waals surface area contributed by atoms with Crippen LogP contribution in [0.25, 0.3) is 11.1 Å². The standard InChI is InChI=1S/C19H23N3O4/c1-5-24-19(23)15-12(3)26-18-16(15)17(21-13(4)22-18)20-11(2)8-9-14-7-6-10-25-14/h6-7,10-11H,5,8-9H2,1-4H3,(H,20,21,22)/t11-/m0/s1. The Bertz CT molecular complexity index is 899. The number of nitrogens with zero attached hydrogens (tertiary/aromatic N) is 2. The van der Waals surface area contributed by atoms with Gasteiger partial charge in [-0.1, -0.05) is 0 Å². The fourth-order valence-corrected chi connectivity index (χ4v) is 2.89. The van der Waals surface area contributed by atoms with Gasteiger partial charge in [-0.15, -0.1) is 0 Å². The highest BCUT2D eigenvalue weighted by molar-refractivity contribution is 6.07. The van der Waals surface area contributed by atoms with Crippen molar-refractivity contribution < 1.29 is 18.4 Å². The maximum atomic E-state index is 12.4. The lowest BCUT2D eigenvalue weighted by Gasteiger charge is -2.15. The second-order valence-corrected chi connectivity index (χ2v) is 6.22. The fourth-order valence-electron chi connectivity index (χ4n) is 2.89. The molecule has 0 spiro atoms. The number of aryl methyl sites for hydroxylation is 3. The monoisotopic (exact) mass is 357 g/mol. The molecule has 0 amide bonds. The van der Waals surface area contributed by atoms with Gasteiger partial charge < -0.3 is 18.9 Å². The Balaban J connectivity index is 1.89. The molecule has 0 aromatic carbocycles. The predicted octanol–water partition coefficient (Wildman–Crippen LogP) is 4.04. The third-order valence-electron chi connectivity index (χ3n) is 4.11. The van der Waals surface area contributed by atoms with Gasteiger partial charge in [-0.25, -0.2) is 9.78 Å². The van der Waals surface area contributed by atoms with Crippen molar-refractivity contribution in [3.63, 3.8) is 0 Å². The van der Waals surface area contributed by atoms with Crippen LogP contribution in [0.2, 0.25) is 0 Å². The molecule has 0 aliphatic heterocycles. The van der Waals surface area contributed by atoms with Crippen LogP contribution in [0, 0.1) is 13.8 Å². The predicted molar refractivity (Wildman–Crippen MR) is 97.3 cm³/mol. The lowest BCUT2D eigenvalue weighted by molar-refractivity contribution is 0.0526. The summed E-state index contributed by atoms with van der Waals surface area (Å²) in [6.45, 7) is 7.64. The molecule has 7 heteroatoms. The van der Waals surface area contributed by atoms with E-state index in [9.17, 15) is 4.79 Å². The van der Waals surface area contributed by atoms with Crippen LogP contribution in [-0.4, -0.2) is 28.6 Å². The number of furan rings is 2. The maximum absolute atomic E-state index is 12.4. The minimum Gasteiger partial charge on any atom is -0.469 e. The fraction of sp³-hybridized carbons (Fsp3) is 0.421. The summed E-state index contributed by atoms with van der Waals surface area (Å²) in [5, 5.41) is 3.94. The summed E-state index contributed by atoms with van der Waals surface area (Å²) < 4.78 is 16.2. The van der Waals surface area contributed by atoms with E-state index < -0.39 is 5.97 Å². The quantitative estimate of drug-likeness (QED) is 0.638. The van der Waals surface area contributed by atoms with Gasteiger partial charge in [0.15, 0.2) is 0 Å². The van der Waals surface area contributed by atoms with Crippen LogP contribution in [-0.2, 0) is 11.2 Å². The van der Waals surface area contributed by atoms with Crippen LogP contribution in [0.15, 0.2) is 27.2 Å². The molecule has 3 aromatic heterocycles. The second kappa shape index (κ2) is 7.59. The van der Waals surface area contributed by atoms with Crippen LogP contribution < -0.4 is 5.32 Å². The second-order valence-electron chi connectivity index (χ2n) is 6.22. The van der Waals surface area contributed by atoms with E-state index in [4.69, 9.17) is 13.6 Å². The number of rotatable bonds is 7. The van der Waals surface area contributed by atoms with E-state index >= 15 is 0 Å². The zero-order valence-electron chi connectivity index (χ0n) is 15.5. The average Bonchev–Trinajstić information content (AvgIpc) is 3.20. The molecule has 0 aliphatic rings. The van der Waals surface area contributed by atoms with E-state index in [1.54, 1.807) is 27.0 Å². The van der Waals surface area contributed by atoms with Crippen LogP contribution in [0.4, 0.5) is 5.82 Å². The van der Waals surface area contributed by atoms with E-state index in [0.717, 1.165) is 18.6 Å². The molecule has 1 N–H and O–H groups in total. The van der Waals surface area contributed by atoms with E-state index in [0.29, 0.717) is 40.7 Å². The zero-order valence-corrected chi connectivity index (χ0v) is 15.5. The van der Waals surface area contributed by atoms with Crippen molar-refractivity contribution in [2.75, 3.05) is 11.9 Å². The molecule has 0 unspecified atom stereocenters. The highest BCUT2D eigenvalue weighted by atomic mass is 16.5. The van der Waals surface area contributed by atoms with Gasteiger partial charge in [0, 0.05) is 12.5 Å². The van der Waals surface area contributed by atoms with E-state index in [-0.39, 0.29) is 6.04 Å². The summed E-state index contributed by atoms with van der Waals surface area (Å²) in [7, 11) is 0. The minimum absolute atomic E-state index is 0.114. The minimum atomic E-state index is -0.428. The van der Waals surface area contributed by atoms with E-state index in [2.05, 4.69) is 22.2 Å². The molecular weight excluding hydrogens is 334 g/mol. The van der Waals surface area contributed by atoms with E-state index in [1.165, 1.54) is 0 Å². The first kappa shape index (κ1) is 18.0. The highest BCUT2D eigenvalue weighted by Gasteiger charge is 2.25. The smallest absolute Gasteiger partial charge is 0.342 e. The van der Waals surface area contributed by atoms with Crippen LogP contribution in [0.5, 0.6) is 0 Å². The number of ether oxygens (including phenoxy) is 1. The van der Waals surface area contributed by atoms with Gasteiger partial charge in [-0.3, -0.25) is 0 Å². The summed E-state index contributed by atoms with van der Waals surface area (Å²) in [5.74, 6) is 2.14. The van der Waals surface area contributed by atoms with Crippen molar-refractivity contribution in [2.45, 2.75) is 46.6 Å². The summed E-state index contributed by atoms with van der Waals surface area (Å²) in [4.78, 5) is 21.2.